The topological polar surface area (TPSA) is 17.8 Å². The molecule has 0 radical (unpaired) electrons. The van der Waals surface area contributed by atoms with E-state index in [1.54, 1.807) is 0 Å². The molecule has 2 aromatic carbocycles. The van der Waals surface area contributed by atoms with Gasteiger partial charge in [0.25, 0.3) is 0 Å². The summed E-state index contributed by atoms with van der Waals surface area (Å²) in [6.07, 6.45) is 0. The Morgan fingerprint density at radius 2 is 1.82 bits per heavy atom. The molecule has 3 rings (SSSR count). The summed E-state index contributed by atoms with van der Waals surface area (Å²) in [7, 11) is 0. The molecular formula is C14H11BrN2. The van der Waals surface area contributed by atoms with Crippen molar-refractivity contribution in [2.45, 2.75) is 6.92 Å². The molecule has 0 saturated heterocycles. The Morgan fingerprint density at radius 1 is 1.06 bits per heavy atom. The van der Waals surface area contributed by atoms with Gasteiger partial charge in [-0.25, -0.2) is 4.98 Å². The summed E-state index contributed by atoms with van der Waals surface area (Å²) in [6, 6.07) is 16.5. The maximum Gasteiger partial charge on any atom is 0.182 e. The van der Waals surface area contributed by atoms with Crippen molar-refractivity contribution >= 4 is 27.0 Å². The summed E-state index contributed by atoms with van der Waals surface area (Å²) < 4.78 is 2.95. The van der Waals surface area contributed by atoms with Gasteiger partial charge in [-0.2, -0.15) is 0 Å². The Bertz CT molecular complexity index is 671. The molecule has 0 spiro atoms. The first-order valence-electron chi connectivity index (χ1n) is 5.46. The normalized spacial score (nSPS) is 10.9. The van der Waals surface area contributed by atoms with E-state index in [4.69, 9.17) is 0 Å². The molecule has 1 aromatic heterocycles. The van der Waals surface area contributed by atoms with Gasteiger partial charge in [-0.05, 0) is 52.7 Å². The van der Waals surface area contributed by atoms with Gasteiger partial charge in [0, 0.05) is 5.69 Å². The number of benzene rings is 2. The summed E-state index contributed by atoms with van der Waals surface area (Å²) in [5.41, 5.74) is 4.49. The molecule has 3 aromatic rings. The summed E-state index contributed by atoms with van der Waals surface area (Å²) >= 11 is 3.52. The van der Waals surface area contributed by atoms with Crippen LogP contribution in [0.4, 0.5) is 0 Å². The number of para-hydroxylation sites is 1. The maximum atomic E-state index is 4.51. The first-order chi connectivity index (χ1) is 8.25. The van der Waals surface area contributed by atoms with Crippen molar-refractivity contribution in [1.82, 2.24) is 9.55 Å². The lowest BCUT2D eigenvalue weighted by atomic mass is 10.2. The predicted molar refractivity (Wildman–Crippen MR) is 73.5 cm³/mol. The Hall–Kier alpha value is -1.61. The third-order valence-corrected chi connectivity index (χ3v) is 3.32. The van der Waals surface area contributed by atoms with E-state index in [9.17, 15) is 0 Å². The molecule has 1 heterocycles. The van der Waals surface area contributed by atoms with Crippen LogP contribution < -0.4 is 0 Å². The van der Waals surface area contributed by atoms with Gasteiger partial charge in [0.2, 0.25) is 0 Å². The number of rotatable bonds is 1. The minimum Gasteiger partial charge on any atom is -0.287 e. The first-order valence-corrected chi connectivity index (χ1v) is 6.25. The van der Waals surface area contributed by atoms with Crippen molar-refractivity contribution in [3.05, 3.63) is 58.8 Å². The summed E-state index contributed by atoms with van der Waals surface area (Å²) in [5.74, 6) is 0. The fourth-order valence-corrected chi connectivity index (χ4v) is 2.57. The van der Waals surface area contributed by atoms with Gasteiger partial charge in [0.15, 0.2) is 4.73 Å². The van der Waals surface area contributed by atoms with E-state index in [1.807, 2.05) is 18.2 Å². The second-order valence-corrected chi connectivity index (χ2v) is 4.75. The van der Waals surface area contributed by atoms with Crippen molar-refractivity contribution in [1.29, 1.82) is 0 Å². The number of aromatic nitrogens is 2. The lowest BCUT2D eigenvalue weighted by Crippen LogP contribution is -1.93. The van der Waals surface area contributed by atoms with E-state index < -0.39 is 0 Å². The predicted octanol–water partition coefficient (Wildman–Crippen LogP) is 4.10. The molecule has 0 unspecified atom stereocenters. The van der Waals surface area contributed by atoms with Gasteiger partial charge in [-0.15, -0.1) is 0 Å². The molecule has 0 amide bonds. The first kappa shape index (κ1) is 10.5. The average molecular weight is 287 g/mol. The van der Waals surface area contributed by atoms with Crippen LogP contribution in [0.25, 0.3) is 16.7 Å². The minimum atomic E-state index is 0.837. The third kappa shape index (κ3) is 1.76. The van der Waals surface area contributed by atoms with Crippen molar-refractivity contribution in [2.24, 2.45) is 0 Å². The van der Waals surface area contributed by atoms with E-state index in [2.05, 4.69) is 62.7 Å². The fourth-order valence-electron chi connectivity index (χ4n) is 1.98. The second kappa shape index (κ2) is 4.00. The molecule has 0 aliphatic heterocycles. The zero-order valence-corrected chi connectivity index (χ0v) is 11.0. The highest BCUT2D eigenvalue weighted by molar-refractivity contribution is 9.10. The zero-order chi connectivity index (χ0) is 11.8. The van der Waals surface area contributed by atoms with Crippen LogP contribution in [0.5, 0.6) is 0 Å². The number of nitrogens with zero attached hydrogens (tertiary/aromatic N) is 2. The molecule has 0 saturated carbocycles. The molecule has 0 fully saturated rings. The SMILES string of the molecule is Cc1ccc2nc(Br)n(-c3ccccc3)c2c1. The van der Waals surface area contributed by atoms with Gasteiger partial charge in [-0.1, -0.05) is 24.3 Å². The average Bonchev–Trinajstić information content (AvgIpc) is 2.65. The quantitative estimate of drug-likeness (QED) is 0.659. The Morgan fingerprint density at radius 3 is 2.59 bits per heavy atom. The van der Waals surface area contributed by atoms with E-state index in [0.717, 1.165) is 21.5 Å². The Balaban J connectivity index is 2.35. The van der Waals surface area contributed by atoms with Crippen molar-refractivity contribution in [3.8, 4) is 5.69 Å². The van der Waals surface area contributed by atoms with Gasteiger partial charge in [0.05, 0.1) is 11.0 Å². The highest BCUT2D eigenvalue weighted by Gasteiger charge is 2.09. The van der Waals surface area contributed by atoms with Crippen LogP contribution >= 0.6 is 15.9 Å². The van der Waals surface area contributed by atoms with Crippen molar-refractivity contribution in [2.75, 3.05) is 0 Å². The van der Waals surface area contributed by atoms with E-state index in [-0.39, 0.29) is 0 Å². The maximum absolute atomic E-state index is 4.51. The Kier molecular flexibility index (Phi) is 2.48. The van der Waals surface area contributed by atoms with Crippen LogP contribution in [0.2, 0.25) is 0 Å². The lowest BCUT2D eigenvalue weighted by molar-refractivity contribution is 1.05. The number of halogens is 1. The van der Waals surface area contributed by atoms with E-state index >= 15 is 0 Å². The highest BCUT2D eigenvalue weighted by Crippen LogP contribution is 2.25. The molecule has 2 nitrogen and oxygen atoms in total. The summed E-state index contributed by atoms with van der Waals surface area (Å²) in [4.78, 5) is 4.51. The van der Waals surface area contributed by atoms with Crippen LogP contribution in [0.1, 0.15) is 5.56 Å². The standard InChI is InChI=1S/C14H11BrN2/c1-10-7-8-12-13(9-10)17(14(15)16-12)11-5-3-2-4-6-11/h2-9H,1H3. The molecule has 0 atom stereocenters. The fraction of sp³-hybridized carbons (Fsp3) is 0.0714. The van der Waals surface area contributed by atoms with E-state index in [0.29, 0.717) is 0 Å². The van der Waals surface area contributed by atoms with Gasteiger partial charge in [0.1, 0.15) is 0 Å². The molecule has 0 aliphatic carbocycles. The molecule has 17 heavy (non-hydrogen) atoms. The number of hydrogen-bond donors (Lipinski definition) is 0. The summed E-state index contributed by atoms with van der Waals surface area (Å²) in [5, 5.41) is 0. The molecule has 0 N–H and O–H groups in total. The molecule has 84 valence electrons. The Labute approximate surface area is 108 Å². The number of imidazole rings is 1. The van der Waals surface area contributed by atoms with Crippen molar-refractivity contribution < 1.29 is 0 Å². The monoisotopic (exact) mass is 286 g/mol. The number of hydrogen-bond acceptors (Lipinski definition) is 1. The van der Waals surface area contributed by atoms with E-state index in [1.165, 1.54) is 5.56 Å². The van der Waals surface area contributed by atoms with Crippen LogP contribution in [-0.4, -0.2) is 9.55 Å². The molecule has 0 bridgehead atoms. The third-order valence-electron chi connectivity index (χ3n) is 2.78. The van der Waals surface area contributed by atoms with Gasteiger partial charge < -0.3 is 0 Å². The van der Waals surface area contributed by atoms with Crippen LogP contribution in [0.15, 0.2) is 53.3 Å². The smallest absolute Gasteiger partial charge is 0.182 e. The number of aryl methyl sites for hydroxylation is 1. The number of fused-ring (bicyclic) bond motifs is 1. The lowest BCUT2D eigenvalue weighted by Gasteiger charge is -2.05. The van der Waals surface area contributed by atoms with Crippen LogP contribution in [0.3, 0.4) is 0 Å². The molecule has 0 aliphatic rings. The molecule has 3 heteroatoms. The zero-order valence-electron chi connectivity index (χ0n) is 9.39. The van der Waals surface area contributed by atoms with Crippen molar-refractivity contribution in [3.63, 3.8) is 0 Å². The van der Waals surface area contributed by atoms with Gasteiger partial charge in [-0.3, -0.25) is 4.57 Å². The van der Waals surface area contributed by atoms with Crippen LogP contribution in [0, 0.1) is 6.92 Å². The van der Waals surface area contributed by atoms with Gasteiger partial charge >= 0.3 is 0 Å². The molecular weight excluding hydrogens is 276 g/mol. The minimum absolute atomic E-state index is 0.837. The largest absolute Gasteiger partial charge is 0.287 e. The summed E-state index contributed by atoms with van der Waals surface area (Å²) in [6.45, 7) is 2.09. The van der Waals surface area contributed by atoms with Crippen LogP contribution in [-0.2, 0) is 0 Å². The highest BCUT2D eigenvalue weighted by atomic mass is 79.9. The second-order valence-electron chi connectivity index (χ2n) is 4.04.